The van der Waals surface area contributed by atoms with Crippen LogP contribution in [0.15, 0.2) is 0 Å². The SMILES string of the molecule is CCC(C)NC(=O)CNCC1(SC)CC1. The normalized spacial score (nSPS) is 19.7. The molecule has 0 saturated heterocycles. The summed E-state index contributed by atoms with van der Waals surface area (Å²) in [6.07, 6.45) is 5.71. The molecule has 1 aliphatic rings. The first kappa shape index (κ1) is 12.8. The van der Waals surface area contributed by atoms with Gasteiger partial charge in [-0.2, -0.15) is 11.8 Å². The Labute approximate surface area is 96.8 Å². The quantitative estimate of drug-likeness (QED) is 0.694. The van der Waals surface area contributed by atoms with Crippen molar-refractivity contribution in [1.29, 1.82) is 0 Å². The van der Waals surface area contributed by atoms with E-state index in [9.17, 15) is 4.79 Å². The summed E-state index contributed by atoms with van der Waals surface area (Å²) in [5, 5.41) is 6.18. The Morgan fingerprint density at radius 1 is 1.53 bits per heavy atom. The molecule has 0 aromatic carbocycles. The first-order chi connectivity index (χ1) is 7.12. The zero-order valence-corrected chi connectivity index (χ0v) is 10.7. The van der Waals surface area contributed by atoms with Crippen LogP contribution in [0.2, 0.25) is 0 Å². The van der Waals surface area contributed by atoms with E-state index in [0.717, 1.165) is 13.0 Å². The summed E-state index contributed by atoms with van der Waals surface area (Å²) < 4.78 is 0.441. The Hall–Kier alpha value is -0.220. The first-order valence-electron chi connectivity index (χ1n) is 5.67. The molecule has 0 spiro atoms. The van der Waals surface area contributed by atoms with Gasteiger partial charge in [0.1, 0.15) is 0 Å². The van der Waals surface area contributed by atoms with Crippen molar-refractivity contribution in [2.24, 2.45) is 0 Å². The molecule has 1 fully saturated rings. The summed E-state index contributed by atoms with van der Waals surface area (Å²) >= 11 is 1.91. The highest BCUT2D eigenvalue weighted by Crippen LogP contribution is 2.46. The Kier molecular flexibility index (Phi) is 4.93. The molecule has 1 amide bonds. The fourth-order valence-electron chi connectivity index (χ4n) is 1.42. The summed E-state index contributed by atoms with van der Waals surface area (Å²) in [6.45, 7) is 5.52. The van der Waals surface area contributed by atoms with Gasteiger partial charge < -0.3 is 10.6 Å². The number of thioether (sulfide) groups is 1. The lowest BCUT2D eigenvalue weighted by atomic mass is 10.2. The van der Waals surface area contributed by atoms with Crippen LogP contribution >= 0.6 is 11.8 Å². The standard InChI is InChI=1S/C11H22N2OS/c1-4-9(2)13-10(14)7-12-8-11(15-3)5-6-11/h9,12H,4-8H2,1-3H3,(H,13,14). The van der Waals surface area contributed by atoms with E-state index in [1.807, 2.05) is 18.7 Å². The predicted molar refractivity (Wildman–Crippen MR) is 66.2 cm³/mol. The van der Waals surface area contributed by atoms with Gasteiger partial charge in [-0.25, -0.2) is 0 Å². The molecule has 2 N–H and O–H groups in total. The first-order valence-corrected chi connectivity index (χ1v) is 6.89. The minimum Gasteiger partial charge on any atom is -0.353 e. The molecule has 1 aliphatic carbocycles. The van der Waals surface area contributed by atoms with E-state index in [0.29, 0.717) is 11.3 Å². The third-order valence-corrected chi connectivity index (χ3v) is 4.41. The number of nitrogens with one attached hydrogen (secondary N) is 2. The lowest BCUT2D eigenvalue weighted by molar-refractivity contribution is -0.120. The number of hydrogen-bond donors (Lipinski definition) is 2. The second-order valence-electron chi connectivity index (χ2n) is 4.37. The summed E-state index contributed by atoms with van der Waals surface area (Å²) in [5.41, 5.74) is 0. The van der Waals surface area contributed by atoms with Crippen LogP contribution in [0.3, 0.4) is 0 Å². The van der Waals surface area contributed by atoms with E-state index in [4.69, 9.17) is 0 Å². The molecular weight excluding hydrogens is 208 g/mol. The zero-order chi connectivity index (χ0) is 11.3. The number of rotatable bonds is 7. The molecule has 3 nitrogen and oxygen atoms in total. The highest BCUT2D eigenvalue weighted by molar-refractivity contribution is 8.00. The van der Waals surface area contributed by atoms with Crippen molar-refractivity contribution in [3.8, 4) is 0 Å². The monoisotopic (exact) mass is 230 g/mol. The average Bonchev–Trinajstić information content (AvgIpc) is 2.98. The van der Waals surface area contributed by atoms with Crippen LogP contribution in [-0.4, -0.2) is 36.0 Å². The van der Waals surface area contributed by atoms with Gasteiger partial charge in [0.25, 0.3) is 0 Å². The van der Waals surface area contributed by atoms with Crippen LogP contribution < -0.4 is 10.6 Å². The van der Waals surface area contributed by atoms with E-state index in [1.165, 1.54) is 12.8 Å². The van der Waals surface area contributed by atoms with Gasteiger partial charge in [-0.05, 0) is 32.4 Å². The van der Waals surface area contributed by atoms with Crippen molar-refractivity contribution >= 4 is 17.7 Å². The average molecular weight is 230 g/mol. The maximum atomic E-state index is 11.4. The number of amides is 1. The summed E-state index contributed by atoms with van der Waals surface area (Å²) in [7, 11) is 0. The second-order valence-corrected chi connectivity index (χ2v) is 5.64. The summed E-state index contributed by atoms with van der Waals surface area (Å²) in [4.78, 5) is 11.4. The van der Waals surface area contributed by atoms with Crippen LogP contribution in [0.4, 0.5) is 0 Å². The highest BCUT2D eigenvalue weighted by atomic mass is 32.2. The van der Waals surface area contributed by atoms with Gasteiger partial charge >= 0.3 is 0 Å². The van der Waals surface area contributed by atoms with Gasteiger partial charge in [-0.3, -0.25) is 4.79 Å². The molecule has 1 unspecified atom stereocenters. The van der Waals surface area contributed by atoms with Crippen molar-refractivity contribution < 1.29 is 4.79 Å². The second kappa shape index (κ2) is 5.75. The minimum absolute atomic E-state index is 0.112. The van der Waals surface area contributed by atoms with E-state index >= 15 is 0 Å². The van der Waals surface area contributed by atoms with E-state index in [1.54, 1.807) is 0 Å². The van der Waals surface area contributed by atoms with Crippen molar-refractivity contribution in [3.05, 3.63) is 0 Å². The minimum atomic E-state index is 0.112. The molecule has 0 aliphatic heterocycles. The third kappa shape index (κ3) is 4.43. The molecular formula is C11H22N2OS. The maximum Gasteiger partial charge on any atom is 0.234 e. The van der Waals surface area contributed by atoms with Crippen LogP contribution in [0.5, 0.6) is 0 Å². The van der Waals surface area contributed by atoms with E-state index < -0.39 is 0 Å². The number of carbonyl (C=O) groups excluding carboxylic acids is 1. The molecule has 88 valence electrons. The fourth-order valence-corrected chi connectivity index (χ4v) is 2.18. The number of carbonyl (C=O) groups is 1. The summed E-state index contributed by atoms with van der Waals surface area (Å²) in [6, 6.07) is 0.287. The highest BCUT2D eigenvalue weighted by Gasteiger charge is 2.41. The number of hydrogen-bond acceptors (Lipinski definition) is 3. The largest absolute Gasteiger partial charge is 0.353 e. The lowest BCUT2D eigenvalue weighted by Gasteiger charge is -2.14. The molecule has 0 radical (unpaired) electrons. The Morgan fingerprint density at radius 3 is 2.67 bits per heavy atom. The Balaban J connectivity index is 2.07. The maximum absolute atomic E-state index is 11.4. The third-order valence-electron chi connectivity index (χ3n) is 2.99. The molecule has 0 bridgehead atoms. The van der Waals surface area contributed by atoms with Crippen molar-refractivity contribution in [3.63, 3.8) is 0 Å². The molecule has 15 heavy (non-hydrogen) atoms. The topological polar surface area (TPSA) is 41.1 Å². The smallest absolute Gasteiger partial charge is 0.234 e. The van der Waals surface area contributed by atoms with E-state index in [2.05, 4.69) is 23.8 Å². The van der Waals surface area contributed by atoms with Gasteiger partial charge in [-0.15, -0.1) is 0 Å². The molecule has 1 atom stereocenters. The van der Waals surface area contributed by atoms with Crippen LogP contribution in [0, 0.1) is 0 Å². The van der Waals surface area contributed by atoms with Gasteiger partial charge in [0, 0.05) is 17.3 Å². The van der Waals surface area contributed by atoms with Crippen LogP contribution in [0.25, 0.3) is 0 Å². The van der Waals surface area contributed by atoms with Crippen molar-refractivity contribution in [1.82, 2.24) is 10.6 Å². The Bertz CT molecular complexity index is 217. The lowest BCUT2D eigenvalue weighted by Crippen LogP contribution is -2.40. The molecule has 1 rings (SSSR count). The predicted octanol–water partition coefficient (Wildman–Crippen LogP) is 1.39. The molecule has 0 aromatic rings. The van der Waals surface area contributed by atoms with Crippen LogP contribution in [-0.2, 0) is 4.79 Å². The van der Waals surface area contributed by atoms with Crippen LogP contribution in [0.1, 0.15) is 33.1 Å². The molecule has 4 heteroatoms. The molecule has 0 heterocycles. The van der Waals surface area contributed by atoms with Crippen molar-refractivity contribution in [2.45, 2.75) is 43.9 Å². The fraction of sp³-hybridized carbons (Fsp3) is 0.909. The molecule has 1 saturated carbocycles. The summed E-state index contributed by atoms with van der Waals surface area (Å²) in [5.74, 6) is 0.112. The van der Waals surface area contributed by atoms with Gasteiger partial charge in [0.2, 0.25) is 5.91 Å². The zero-order valence-electron chi connectivity index (χ0n) is 9.93. The van der Waals surface area contributed by atoms with Gasteiger partial charge in [-0.1, -0.05) is 6.92 Å². The van der Waals surface area contributed by atoms with Gasteiger partial charge in [0.05, 0.1) is 6.54 Å². The van der Waals surface area contributed by atoms with Crippen molar-refractivity contribution in [2.75, 3.05) is 19.3 Å². The van der Waals surface area contributed by atoms with E-state index in [-0.39, 0.29) is 11.9 Å². The molecule has 0 aromatic heterocycles. The van der Waals surface area contributed by atoms with Gasteiger partial charge in [0.15, 0.2) is 0 Å². The Morgan fingerprint density at radius 2 is 2.20 bits per heavy atom.